The van der Waals surface area contributed by atoms with Crippen LogP contribution in [0.25, 0.3) is 11.1 Å². The van der Waals surface area contributed by atoms with E-state index in [0.29, 0.717) is 30.0 Å². The number of hydrogen-bond donors (Lipinski definition) is 0. The fraction of sp³-hybridized carbons (Fsp3) is 0.231. The van der Waals surface area contributed by atoms with Crippen molar-refractivity contribution in [3.63, 3.8) is 0 Å². The summed E-state index contributed by atoms with van der Waals surface area (Å²) in [6, 6.07) is 14.1. The van der Waals surface area contributed by atoms with Gasteiger partial charge in [0.15, 0.2) is 0 Å². The molecule has 0 unspecified atom stereocenters. The second-order valence-electron chi connectivity index (χ2n) is 8.31. The van der Waals surface area contributed by atoms with E-state index in [1.807, 2.05) is 12.1 Å². The molecule has 1 fully saturated rings. The first kappa shape index (κ1) is 20.8. The Balaban J connectivity index is 1.42. The van der Waals surface area contributed by atoms with Crippen LogP contribution in [0.2, 0.25) is 0 Å². The quantitative estimate of drug-likeness (QED) is 0.565. The largest absolute Gasteiger partial charge is 0.490 e. The average molecular weight is 440 g/mol. The molecule has 2 heterocycles. The topological polar surface area (TPSA) is 78.6 Å². The lowest BCUT2D eigenvalue weighted by Gasteiger charge is -2.20. The highest BCUT2D eigenvalue weighted by Crippen LogP contribution is 2.35. The molecular weight excluding hydrogens is 419 g/mol. The molecule has 1 saturated carbocycles. The molecule has 6 nitrogen and oxygen atoms in total. The molecule has 0 spiro atoms. The van der Waals surface area contributed by atoms with Gasteiger partial charge >= 0.3 is 0 Å². The van der Waals surface area contributed by atoms with Gasteiger partial charge in [0.05, 0.1) is 24.3 Å². The number of carbonyl (C=O) groups is 1. The Hall–Kier alpha value is -4.05. The average Bonchev–Trinajstić information content (AvgIpc) is 3.50. The van der Waals surface area contributed by atoms with E-state index in [9.17, 15) is 14.4 Å². The van der Waals surface area contributed by atoms with Crippen molar-refractivity contribution in [3.8, 4) is 22.9 Å². The number of halogens is 1. The number of aromatic nitrogens is 1. The number of fused-ring (bicyclic) bond motifs is 1. The third kappa shape index (κ3) is 4.20. The second kappa shape index (κ2) is 8.47. The van der Waals surface area contributed by atoms with Crippen molar-refractivity contribution in [3.05, 3.63) is 82.4 Å². The van der Waals surface area contributed by atoms with Crippen molar-refractivity contribution < 1.29 is 13.9 Å². The molecule has 5 rings (SSSR count). The zero-order valence-electron chi connectivity index (χ0n) is 18.1. The van der Waals surface area contributed by atoms with Crippen LogP contribution in [0.15, 0.2) is 53.7 Å². The summed E-state index contributed by atoms with van der Waals surface area (Å²) in [5.74, 6) is 0.0175. The van der Waals surface area contributed by atoms with Gasteiger partial charge in [-0.25, -0.2) is 4.39 Å². The van der Waals surface area contributed by atoms with Gasteiger partial charge in [-0.15, -0.1) is 0 Å². The molecule has 3 aromatic rings. The number of ether oxygens (including phenoxy) is 1. The van der Waals surface area contributed by atoms with Crippen LogP contribution < -0.4 is 4.74 Å². The monoisotopic (exact) mass is 440 g/mol. The highest BCUT2D eigenvalue weighted by molar-refractivity contribution is 5.93. The molecule has 1 aromatic heterocycles. The van der Waals surface area contributed by atoms with Gasteiger partial charge in [-0.05, 0) is 47.7 Å². The summed E-state index contributed by atoms with van der Waals surface area (Å²) in [5, 5.41) is 9.23. The Morgan fingerprint density at radius 1 is 1.27 bits per heavy atom. The molecule has 1 aliphatic carbocycles. The molecule has 2 aliphatic rings. The number of hydrogen-bond acceptors (Lipinski definition) is 5. The molecule has 164 valence electrons. The van der Waals surface area contributed by atoms with Crippen LogP contribution in [0.3, 0.4) is 0 Å². The zero-order valence-corrected chi connectivity index (χ0v) is 18.1. The molecule has 33 heavy (non-hydrogen) atoms. The predicted octanol–water partition coefficient (Wildman–Crippen LogP) is 4.51. The Morgan fingerprint density at radius 3 is 2.91 bits per heavy atom. The van der Waals surface area contributed by atoms with Gasteiger partial charge < -0.3 is 9.64 Å². The third-order valence-electron chi connectivity index (χ3n) is 5.83. The lowest BCUT2D eigenvalue weighted by atomic mass is 10.0. The number of amides is 1. The van der Waals surface area contributed by atoms with Crippen molar-refractivity contribution in [2.24, 2.45) is 4.99 Å². The summed E-state index contributed by atoms with van der Waals surface area (Å²) >= 11 is 0. The van der Waals surface area contributed by atoms with Gasteiger partial charge in [0.2, 0.25) is 0 Å². The van der Waals surface area contributed by atoms with Crippen LogP contribution in [-0.2, 0) is 13.1 Å². The fourth-order valence-electron chi connectivity index (χ4n) is 3.90. The number of nitriles is 1. The van der Waals surface area contributed by atoms with Crippen LogP contribution >= 0.6 is 0 Å². The van der Waals surface area contributed by atoms with E-state index >= 15 is 0 Å². The minimum atomic E-state index is -0.302. The lowest BCUT2D eigenvalue weighted by molar-refractivity contribution is 0.0778. The SMILES string of the molecule is CN(Cc1ccc(F)c2c1CN=C2)C(=O)c1cc(OC2CC2)c(-c2cccc(C#N)c2)cn1. The normalized spacial score (nSPS) is 14.0. The minimum Gasteiger partial charge on any atom is -0.490 e. The fourth-order valence-corrected chi connectivity index (χ4v) is 3.90. The van der Waals surface area contributed by atoms with Crippen molar-refractivity contribution >= 4 is 12.1 Å². The maximum atomic E-state index is 14.0. The minimum absolute atomic E-state index is 0.132. The zero-order chi connectivity index (χ0) is 22.9. The Morgan fingerprint density at radius 2 is 2.12 bits per heavy atom. The third-order valence-corrected chi connectivity index (χ3v) is 5.83. The van der Waals surface area contributed by atoms with Gasteiger partial charge in [-0.1, -0.05) is 18.2 Å². The number of pyridine rings is 1. The van der Waals surface area contributed by atoms with Crippen LogP contribution in [0.1, 0.15) is 45.6 Å². The highest BCUT2D eigenvalue weighted by atomic mass is 19.1. The smallest absolute Gasteiger partial charge is 0.272 e. The predicted molar refractivity (Wildman–Crippen MR) is 122 cm³/mol. The van der Waals surface area contributed by atoms with E-state index in [1.165, 1.54) is 6.07 Å². The number of nitrogens with zero attached hydrogens (tertiary/aromatic N) is 4. The van der Waals surface area contributed by atoms with E-state index < -0.39 is 0 Å². The lowest BCUT2D eigenvalue weighted by Crippen LogP contribution is -2.27. The van der Waals surface area contributed by atoms with Gasteiger partial charge in [-0.2, -0.15) is 5.26 Å². The highest BCUT2D eigenvalue weighted by Gasteiger charge is 2.26. The molecule has 2 aromatic carbocycles. The molecule has 1 amide bonds. The molecule has 1 aliphatic heterocycles. The molecule has 7 heteroatoms. The molecule has 0 atom stereocenters. The van der Waals surface area contributed by atoms with E-state index in [4.69, 9.17) is 4.74 Å². The van der Waals surface area contributed by atoms with Crippen molar-refractivity contribution in [2.75, 3.05) is 7.05 Å². The standard InChI is InChI=1S/C26H21FN4O2/c1-31(15-18-5-8-23(27)22-13-29-12-20(18)22)26(32)24-10-25(33-19-6-7-19)21(14-30-24)17-4-2-3-16(9-17)11-28/h2-5,8-10,13-14,19H,6-7,12,15H2,1H3. The molecule has 0 bridgehead atoms. The van der Waals surface area contributed by atoms with Gasteiger partial charge in [0, 0.05) is 43.2 Å². The summed E-state index contributed by atoms with van der Waals surface area (Å²) in [6.45, 7) is 0.732. The molecule has 0 N–H and O–H groups in total. The molecular formula is C26H21FN4O2. The van der Waals surface area contributed by atoms with Gasteiger partial charge in [-0.3, -0.25) is 14.8 Å². The summed E-state index contributed by atoms with van der Waals surface area (Å²) < 4.78 is 20.1. The van der Waals surface area contributed by atoms with Crippen LogP contribution in [0.5, 0.6) is 5.75 Å². The first-order valence-corrected chi connectivity index (χ1v) is 10.8. The van der Waals surface area contributed by atoms with Crippen LogP contribution in [0.4, 0.5) is 4.39 Å². The van der Waals surface area contributed by atoms with Crippen molar-refractivity contribution in [2.45, 2.75) is 32.0 Å². The van der Waals surface area contributed by atoms with Gasteiger partial charge in [0.25, 0.3) is 5.91 Å². The first-order valence-electron chi connectivity index (χ1n) is 10.8. The first-order chi connectivity index (χ1) is 16.0. The summed E-state index contributed by atoms with van der Waals surface area (Å²) in [5.41, 5.74) is 4.53. The van der Waals surface area contributed by atoms with E-state index in [-0.39, 0.29) is 23.5 Å². The number of carbonyl (C=O) groups excluding carboxylic acids is 1. The maximum Gasteiger partial charge on any atom is 0.272 e. The number of rotatable bonds is 6. The Kier molecular flexibility index (Phi) is 5.35. The molecule has 0 radical (unpaired) electrons. The van der Waals surface area contributed by atoms with E-state index in [0.717, 1.165) is 35.1 Å². The Labute approximate surface area is 191 Å². The summed E-state index contributed by atoms with van der Waals surface area (Å²) in [4.78, 5) is 23.3. The van der Waals surface area contributed by atoms with E-state index in [1.54, 1.807) is 48.6 Å². The van der Waals surface area contributed by atoms with Crippen LogP contribution in [0, 0.1) is 17.1 Å². The maximum absolute atomic E-state index is 14.0. The van der Waals surface area contributed by atoms with Crippen LogP contribution in [-0.4, -0.2) is 35.2 Å². The van der Waals surface area contributed by atoms with Crippen molar-refractivity contribution in [1.82, 2.24) is 9.88 Å². The van der Waals surface area contributed by atoms with Gasteiger partial charge in [0.1, 0.15) is 17.3 Å². The number of benzene rings is 2. The number of aliphatic imine (C=N–C) groups is 1. The van der Waals surface area contributed by atoms with E-state index in [2.05, 4.69) is 16.0 Å². The Bertz CT molecular complexity index is 1320. The summed E-state index contributed by atoms with van der Waals surface area (Å²) in [7, 11) is 1.70. The van der Waals surface area contributed by atoms with Crippen molar-refractivity contribution in [1.29, 1.82) is 5.26 Å². The second-order valence-corrected chi connectivity index (χ2v) is 8.31. The molecule has 0 saturated heterocycles. The summed E-state index contributed by atoms with van der Waals surface area (Å²) in [6.07, 6.45) is 5.24.